The average molecular weight is 293 g/mol. The van der Waals surface area contributed by atoms with Crippen molar-refractivity contribution in [3.63, 3.8) is 0 Å². The first-order valence-electron chi connectivity index (χ1n) is 7.92. The van der Waals surface area contributed by atoms with Gasteiger partial charge in [-0.05, 0) is 33.1 Å². The van der Waals surface area contributed by atoms with Crippen molar-refractivity contribution in [3.05, 3.63) is 18.2 Å². The van der Waals surface area contributed by atoms with Crippen LogP contribution in [0.25, 0.3) is 0 Å². The molecule has 1 aromatic rings. The summed E-state index contributed by atoms with van der Waals surface area (Å²) in [6.45, 7) is 9.25. The van der Waals surface area contributed by atoms with Gasteiger partial charge in [-0.2, -0.15) is 0 Å². The van der Waals surface area contributed by atoms with Crippen molar-refractivity contribution < 1.29 is 9.53 Å². The Morgan fingerprint density at radius 2 is 2.29 bits per heavy atom. The van der Waals surface area contributed by atoms with E-state index in [4.69, 9.17) is 4.74 Å². The third-order valence-electron chi connectivity index (χ3n) is 3.94. The molecule has 1 aromatic heterocycles. The predicted octanol–water partition coefficient (Wildman–Crippen LogP) is 2.47. The molecule has 0 aromatic carbocycles. The molecule has 0 saturated heterocycles. The maximum atomic E-state index is 12.3. The van der Waals surface area contributed by atoms with Crippen LogP contribution in [0.1, 0.15) is 58.7 Å². The standard InChI is InChI=1S/C16H27N3O2/c1-5-21-15(20)16(4,18-13-6-7-13)8-10-19-11-9-17-14(19)12(2)3/h9,11-13,18H,5-8,10H2,1-4H3. The molecule has 0 amide bonds. The van der Waals surface area contributed by atoms with Gasteiger partial charge in [-0.25, -0.2) is 4.98 Å². The molecule has 0 radical (unpaired) electrons. The van der Waals surface area contributed by atoms with E-state index >= 15 is 0 Å². The van der Waals surface area contributed by atoms with Crippen LogP contribution >= 0.6 is 0 Å². The van der Waals surface area contributed by atoms with Gasteiger partial charge in [-0.1, -0.05) is 13.8 Å². The van der Waals surface area contributed by atoms with E-state index in [1.807, 2.05) is 26.2 Å². The van der Waals surface area contributed by atoms with Crippen molar-refractivity contribution in [2.45, 2.75) is 71.0 Å². The lowest BCUT2D eigenvalue weighted by molar-refractivity contribution is -0.151. The molecule has 1 saturated carbocycles. The van der Waals surface area contributed by atoms with Crippen molar-refractivity contribution in [1.82, 2.24) is 14.9 Å². The van der Waals surface area contributed by atoms with Crippen LogP contribution < -0.4 is 5.32 Å². The first-order chi connectivity index (χ1) is 9.96. The van der Waals surface area contributed by atoms with Crippen LogP contribution in [0.2, 0.25) is 0 Å². The summed E-state index contributed by atoms with van der Waals surface area (Å²) in [6, 6.07) is 0.465. The number of imidazole rings is 1. The Hall–Kier alpha value is -1.36. The number of hydrogen-bond acceptors (Lipinski definition) is 4. The summed E-state index contributed by atoms with van der Waals surface area (Å²) in [5.74, 6) is 1.29. The molecule has 0 spiro atoms. The van der Waals surface area contributed by atoms with Crippen molar-refractivity contribution in [2.24, 2.45) is 0 Å². The van der Waals surface area contributed by atoms with E-state index in [9.17, 15) is 4.79 Å². The van der Waals surface area contributed by atoms with Gasteiger partial charge < -0.3 is 9.30 Å². The first kappa shape index (κ1) is 16.0. The van der Waals surface area contributed by atoms with E-state index in [0.717, 1.165) is 25.2 Å². The highest BCUT2D eigenvalue weighted by atomic mass is 16.5. The second-order valence-corrected chi connectivity index (χ2v) is 6.35. The molecular formula is C16H27N3O2. The van der Waals surface area contributed by atoms with Crippen LogP contribution in [0.5, 0.6) is 0 Å². The fraction of sp³-hybridized carbons (Fsp3) is 0.750. The lowest BCUT2D eigenvalue weighted by Gasteiger charge is -2.29. The Labute approximate surface area is 127 Å². The summed E-state index contributed by atoms with van der Waals surface area (Å²) < 4.78 is 7.39. The quantitative estimate of drug-likeness (QED) is 0.748. The minimum atomic E-state index is -0.615. The second kappa shape index (κ2) is 6.60. The van der Waals surface area contributed by atoms with Crippen LogP contribution in [0.3, 0.4) is 0 Å². The van der Waals surface area contributed by atoms with Gasteiger partial charge in [-0.15, -0.1) is 0 Å². The number of aryl methyl sites for hydroxylation is 1. The van der Waals surface area contributed by atoms with Crippen LogP contribution in [-0.2, 0) is 16.1 Å². The van der Waals surface area contributed by atoms with Gasteiger partial charge in [0.1, 0.15) is 11.4 Å². The topological polar surface area (TPSA) is 56.2 Å². The number of aromatic nitrogens is 2. The van der Waals surface area contributed by atoms with Gasteiger partial charge in [0.15, 0.2) is 0 Å². The van der Waals surface area contributed by atoms with E-state index in [2.05, 4.69) is 28.7 Å². The number of nitrogens with one attached hydrogen (secondary N) is 1. The highest BCUT2D eigenvalue weighted by molar-refractivity contribution is 5.80. The SMILES string of the molecule is CCOC(=O)C(C)(CCn1ccnc1C(C)C)NC1CC1. The average Bonchev–Trinajstić information content (AvgIpc) is 3.10. The molecule has 1 aliphatic carbocycles. The van der Waals surface area contributed by atoms with E-state index in [0.29, 0.717) is 25.0 Å². The maximum Gasteiger partial charge on any atom is 0.326 e. The van der Waals surface area contributed by atoms with Crippen molar-refractivity contribution in [2.75, 3.05) is 6.61 Å². The summed E-state index contributed by atoms with van der Waals surface area (Å²) in [6.07, 6.45) is 6.82. The molecule has 1 atom stereocenters. The maximum absolute atomic E-state index is 12.3. The molecule has 118 valence electrons. The lowest BCUT2D eigenvalue weighted by atomic mass is 9.97. The number of ether oxygens (including phenoxy) is 1. The zero-order chi connectivity index (χ0) is 15.5. The summed E-state index contributed by atoms with van der Waals surface area (Å²) in [4.78, 5) is 16.7. The lowest BCUT2D eigenvalue weighted by Crippen LogP contribution is -2.52. The zero-order valence-electron chi connectivity index (χ0n) is 13.6. The van der Waals surface area contributed by atoms with Gasteiger partial charge in [0.05, 0.1) is 6.61 Å². The molecule has 2 rings (SSSR count). The fourth-order valence-corrected chi connectivity index (χ4v) is 2.56. The van der Waals surface area contributed by atoms with Crippen LogP contribution in [0, 0.1) is 0 Å². The minimum Gasteiger partial charge on any atom is -0.465 e. The van der Waals surface area contributed by atoms with Crippen LogP contribution in [0.4, 0.5) is 0 Å². The van der Waals surface area contributed by atoms with Crippen molar-refractivity contribution in [3.8, 4) is 0 Å². The molecule has 1 aliphatic rings. The number of carbonyl (C=O) groups excluding carboxylic acids is 1. The first-order valence-corrected chi connectivity index (χ1v) is 7.92. The highest BCUT2D eigenvalue weighted by Crippen LogP contribution is 2.26. The summed E-state index contributed by atoms with van der Waals surface area (Å²) in [5, 5.41) is 3.45. The second-order valence-electron chi connectivity index (χ2n) is 6.35. The molecule has 21 heavy (non-hydrogen) atoms. The Balaban J connectivity index is 2.04. The molecule has 5 heteroatoms. The van der Waals surface area contributed by atoms with Gasteiger partial charge >= 0.3 is 5.97 Å². The molecule has 0 aliphatic heterocycles. The number of carbonyl (C=O) groups is 1. The Morgan fingerprint density at radius 1 is 1.57 bits per heavy atom. The van der Waals surface area contributed by atoms with Gasteiger partial charge in [0.2, 0.25) is 0 Å². The molecular weight excluding hydrogens is 266 g/mol. The smallest absolute Gasteiger partial charge is 0.326 e. The van der Waals surface area contributed by atoms with Gasteiger partial charge in [0, 0.05) is 30.9 Å². The van der Waals surface area contributed by atoms with Crippen molar-refractivity contribution in [1.29, 1.82) is 0 Å². The van der Waals surface area contributed by atoms with Crippen LogP contribution in [0.15, 0.2) is 12.4 Å². The molecule has 1 heterocycles. The number of nitrogens with zero attached hydrogens (tertiary/aromatic N) is 2. The predicted molar refractivity (Wildman–Crippen MR) is 82.1 cm³/mol. The van der Waals surface area contributed by atoms with E-state index in [-0.39, 0.29) is 5.97 Å². The monoisotopic (exact) mass is 293 g/mol. The van der Waals surface area contributed by atoms with Crippen LogP contribution in [-0.4, -0.2) is 33.7 Å². The van der Waals surface area contributed by atoms with Gasteiger partial charge in [-0.3, -0.25) is 10.1 Å². The summed E-state index contributed by atoms with van der Waals surface area (Å²) in [5.41, 5.74) is -0.615. The Kier molecular flexibility index (Phi) is 5.04. The fourth-order valence-electron chi connectivity index (χ4n) is 2.56. The number of hydrogen-bond donors (Lipinski definition) is 1. The molecule has 1 N–H and O–H groups in total. The number of rotatable bonds is 8. The normalized spacial score (nSPS) is 17.8. The minimum absolute atomic E-state index is 0.150. The highest BCUT2D eigenvalue weighted by Gasteiger charge is 2.39. The summed E-state index contributed by atoms with van der Waals surface area (Å²) in [7, 11) is 0. The number of esters is 1. The largest absolute Gasteiger partial charge is 0.465 e. The molecule has 1 fully saturated rings. The Morgan fingerprint density at radius 3 is 2.86 bits per heavy atom. The van der Waals surface area contributed by atoms with E-state index in [1.165, 1.54) is 0 Å². The third kappa shape index (κ3) is 4.06. The van der Waals surface area contributed by atoms with E-state index in [1.54, 1.807) is 0 Å². The third-order valence-corrected chi connectivity index (χ3v) is 3.94. The molecule has 5 nitrogen and oxygen atoms in total. The summed E-state index contributed by atoms with van der Waals surface area (Å²) >= 11 is 0. The van der Waals surface area contributed by atoms with Crippen molar-refractivity contribution >= 4 is 5.97 Å². The zero-order valence-corrected chi connectivity index (χ0v) is 13.6. The molecule has 0 bridgehead atoms. The van der Waals surface area contributed by atoms with Gasteiger partial charge in [0.25, 0.3) is 0 Å². The Bertz CT molecular complexity index is 480. The molecule has 1 unspecified atom stereocenters. The van der Waals surface area contributed by atoms with E-state index < -0.39 is 5.54 Å².